The molecule has 1 nitrogen and oxygen atoms in total. The minimum Gasteiger partial charge on any atom is -0.312 e. The molecule has 0 unspecified atom stereocenters. The van der Waals surface area contributed by atoms with Crippen LogP contribution in [0.2, 0.25) is 0 Å². The smallest absolute Gasteiger partial charge is 0.137 e. The maximum Gasteiger partial charge on any atom is 0.137 e. The molecule has 0 heterocycles. The zero-order valence-corrected chi connectivity index (χ0v) is 14.9. The lowest BCUT2D eigenvalue weighted by Crippen LogP contribution is -2.44. The van der Waals surface area contributed by atoms with E-state index < -0.39 is 0 Å². The topological polar surface area (TPSA) is 12.0 Å². The van der Waals surface area contributed by atoms with Crippen molar-refractivity contribution in [2.45, 2.75) is 59.4 Å². The van der Waals surface area contributed by atoms with E-state index >= 15 is 0 Å². The molecule has 0 aromatic heterocycles. The molecule has 0 spiro atoms. The normalized spacial score (nSPS) is 12.8. The van der Waals surface area contributed by atoms with E-state index in [1.165, 1.54) is 6.07 Å². The van der Waals surface area contributed by atoms with Gasteiger partial charge >= 0.3 is 0 Å². The molecule has 1 aromatic rings. The number of benzene rings is 1. The number of halogens is 2. The Kier molecular flexibility index (Phi) is 6.21. The number of rotatable bonds is 6. The monoisotopic (exact) mass is 343 g/mol. The Labute approximate surface area is 131 Å². The van der Waals surface area contributed by atoms with Crippen molar-refractivity contribution in [3.05, 3.63) is 34.1 Å². The Morgan fingerprint density at radius 3 is 2.25 bits per heavy atom. The summed E-state index contributed by atoms with van der Waals surface area (Å²) >= 11 is 3.39. The van der Waals surface area contributed by atoms with Gasteiger partial charge in [0.15, 0.2) is 0 Å². The van der Waals surface area contributed by atoms with Crippen LogP contribution in [0.4, 0.5) is 4.39 Å². The van der Waals surface area contributed by atoms with Crippen molar-refractivity contribution >= 4 is 15.9 Å². The summed E-state index contributed by atoms with van der Waals surface area (Å²) in [5.74, 6) is -0.174. The van der Waals surface area contributed by atoms with Crippen LogP contribution in [0, 0.1) is 11.2 Å². The number of nitrogens with one attached hydrogen (secondary N) is 1. The molecule has 0 fully saturated rings. The van der Waals surface area contributed by atoms with Crippen molar-refractivity contribution in [2.75, 3.05) is 6.54 Å². The SMILES string of the molecule is CCC(CC)(CNC(C)(C)C)Cc1cccc(F)c1Br. The van der Waals surface area contributed by atoms with Crippen LogP contribution in [0.1, 0.15) is 53.0 Å². The average Bonchev–Trinajstić information content (AvgIpc) is 2.39. The second-order valence-electron chi connectivity index (χ2n) is 6.70. The summed E-state index contributed by atoms with van der Waals surface area (Å²) in [6.07, 6.45) is 3.05. The van der Waals surface area contributed by atoms with E-state index in [4.69, 9.17) is 0 Å². The minimum atomic E-state index is -0.174. The van der Waals surface area contributed by atoms with Gasteiger partial charge in [0, 0.05) is 12.1 Å². The summed E-state index contributed by atoms with van der Waals surface area (Å²) in [4.78, 5) is 0. The van der Waals surface area contributed by atoms with Crippen molar-refractivity contribution in [3.63, 3.8) is 0 Å². The summed E-state index contributed by atoms with van der Waals surface area (Å²) in [5.41, 5.74) is 1.34. The second kappa shape index (κ2) is 7.04. The fraction of sp³-hybridized carbons (Fsp3) is 0.647. The molecule has 0 amide bonds. The molecule has 0 saturated carbocycles. The molecular formula is C17H27BrFN. The van der Waals surface area contributed by atoms with Gasteiger partial charge < -0.3 is 5.32 Å². The van der Waals surface area contributed by atoms with Gasteiger partial charge in [-0.15, -0.1) is 0 Å². The average molecular weight is 344 g/mol. The molecule has 1 N–H and O–H groups in total. The lowest BCUT2D eigenvalue weighted by Gasteiger charge is -2.36. The number of hydrogen-bond acceptors (Lipinski definition) is 1. The van der Waals surface area contributed by atoms with E-state index in [1.807, 2.05) is 6.07 Å². The third-order valence-electron chi connectivity index (χ3n) is 4.09. The zero-order chi connectivity index (χ0) is 15.4. The van der Waals surface area contributed by atoms with Crippen molar-refractivity contribution in [2.24, 2.45) is 5.41 Å². The highest BCUT2D eigenvalue weighted by molar-refractivity contribution is 9.10. The lowest BCUT2D eigenvalue weighted by molar-refractivity contribution is 0.219. The molecule has 3 heteroatoms. The van der Waals surface area contributed by atoms with Crippen LogP contribution in [0.15, 0.2) is 22.7 Å². The molecule has 0 aliphatic carbocycles. The summed E-state index contributed by atoms with van der Waals surface area (Å²) < 4.78 is 14.3. The number of hydrogen-bond donors (Lipinski definition) is 1. The molecule has 0 saturated heterocycles. The highest BCUT2D eigenvalue weighted by Crippen LogP contribution is 2.34. The first-order valence-corrected chi connectivity index (χ1v) is 8.20. The molecule has 0 atom stereocenters. The van der Waals surface area contributed by atoms with Crippen LogP contribution in [0.5, 0.6) is 0 Å². The van der Waals surface area contributed by atoms with Crippen LogP contribution in [0.3, 0.4) is 0 Å². The second-order valence-corrected chi connectivity index (χ2v) is 7.49. The van der Waals surface area contributed by atoms with E-state index in [0.717, 1.165) is 31.4 Å². The van der Waals surface area contributed by atoms with Crippen LogP contribution in [-0.2, 0) is 6.42 Å². The fourth-order valence-electron chi connectivity index (χ4n) is 2.35. The third kappa shape index (κ3) is 4.85. The molecule has 20 heavy (non-hydrogen) atoms. The van der Waals surface area contributed by atoms with Crippen LogP contribution in [0.25, 0.3) is 0 Å². The van der Waals surface area contributed by atoms with Crippen LogP contribution in [-0.4, -0.2) is 12.1 Å². The quantitative estimate of drug-likeness (QED) is 0.736. The minimum absolute atomic E-state index is 0.106. The Hall–Kier alpha value is -0.410. The molecule has 114 valence electrons. The predicted octanol–water partition coefficient (Wildman–Crippen LogP) is 5.33. The van der Waals surface area contributed by atoms with Crippen molar-refractivity contribution in [1.82, 2.24) is 5.32 Å². The van der Waals surface area contributed by atoms with Gasteiger partial charge in [-0.1, -0.05) is 26.0 Å². The van der Waals surface area contributed by atoms with Gasteiger partial charge in [-0.05, 0) is 73.0 Å². The molecule has 1 aromatic carbocycles. The molecule has 0 bridgehead atoms. The fourth-order valence-corrected chi connectivity index (χ4v) is 2.76. The van der Waals surface area contributed by atoms with E-state index in [0.29, 0.717) is 4.47 Å². The van der Waals surface area contributed by atoms with Gasteiger partial charge in [0.1, 0.15) is 5.82 Å². The van der Waals surface area contributed by atoms with Crippen molar-refractivity contribution < 1.29 is 4.39 Å². The lowest BCUT2D eigenvalue weighted by atomic mass is 9.76. The molecular weight excluding hydrogens is 317 g/mol. The maximum absolute atomic E-state index is 13.7. The zero-order valence-electron chi connectivity index (χ0n) is 13.3. The van der Waals surface area contributed by atoms with Gasteiger partial charge in [-0.25, -0.2) is 4.39 Å². The Bertz CT molecular complexity index is 433. The summed E-state index contributed by atoms with van der Waals surface area (Å²) in [5, 5.41) is 3.61. The molecule has 1 rings (SSSR count). The maximum atomic E-state index is 13.7. The van der Waals surface area contributed by atoms with Gasteiger partial charge in [0.2, 0.25) is 0 Å². The predicted molar refractivity (Wildman–Crippen MR) is 88.6 cm³/mol. The summed E-state index contributed by atoms with van der Waals surface area (Å²) in [6.45, 7) is 11.9. The van der Waals surface area contributed by atoms with E-state index in [-0.39, 0.29) is 16.8 Å². The van der Waals surface area contributed by atoms with Crippen molar-refractivity contribution in [1.29, 1.82) is 0 Å². The molecule has 0 aliphatic rings. The summed E-state index contributed by atoms with van der Waals surface area (Å²) in [6, 6.07) is 5.31. The van der Waals surface area contributed by atoms with E-state index in [1.54, 1.807) is 6.07 Å². The molecule has 0 aliphatic heterocycles. The standard InChI is InChI=1S/C17H27BrFN/c1-6-17(7-2,12-20-16(3,4)5)11-13-9-8-10-14(19)15(13)18/h8-10,20H,6-7,11-12H2,1-5H3. The third-order valence-corrected chi connectivity index (χ3v) is 4.98. The Morgan fingerprint density at radius 1 is 1.15 bits per heavy atom. The Morgan fingerprint density at radius 2 is 1.75 bits per heavy atom. The molecule has 0 radical (unpaired) electrons. The van der Waals surface area contributed by atoms with Crippen molar-refractivity contribution in [3.8, 4) is 0 Å². The largest absolute Gasteiger partial charge is 0.312 e. The Balaban J connectivity index is 2.93. The summed E-state index contributed by atoms with van der Waals surface area (Å²) in [7, 11) is 0. The highest BCUT2D eigenvalue weighted by atomic mass is 79.9. The van der Waals surface area contributed by atoms with E-state index in [9.17, 15) is 4.39 Å². The van der Waals surface area contributed by atoms with Gasteiger partial charge in [-0.2, -0.15) is 0 Å². The van der Waals surface area contributed by atoms with Gasteiger partial charge in [-0.3, -0.25) is 0 Å². The first kappa shape index (κ1) is 17.6. The van der Waals surface area contributed by atoms with Crippen LogP contribution >= 0.6 is 15.9 Å². The van der Waals surface area contributed by atoms with Gasteiger partial charge in [0.25, 0.3) is 0 Å². The van der Waals surface area contributed by atoms with E-state index in [2.05, 4.69) is 55.9 Å². The van der Waals surface area contributed by atoms with Gasteiger partial charge in [0.05, 0.1) is 4.47 Å². The van der Waals surface area contributed by atoms with Crippen LogP contribution < -0.4 is 5.32 Å². The first-order chi connectivity index (χ1) is 9.23. The highest BCUT2D eigenvalue weighted by Gasteiger charge is 2.29. The first-order valence-electron chi connectivity index (χ1n) is 7.41.